The number of aromatic nitrogens is 2. The van der Waals surface area contributed by atoms with Crippen LogP contribution in [0.2, 0.25) is 0 Å². The van der Waals surface area contributed by atoms with Gasteiger partial charge in [0, 0.05) is 7.11 Å². The van der Waals surface area contributed by atoms with Gasteiger partial charge in [0.2, 0.25) is 0 Å². The first-order valence-corrected chi connectivity index (χ1v) is 7.25. The largest absolute Gasteiger partial charge is 0.383 e. The first-order chi connectivity index (χ1) is 8.06. The van der Waals surface area contributed by atoms with Gasteiger partial charge in [-0.3, -0.25) is 9.48 Å². The SMILES string of the molecule is COCCn1ncc(Br)c1C(=O)CSC(C)C. The predicted molar refractivity (Wildman–Crippen MR) is 73.7 cm³/mol. The molecule has 0 amide bonds. The van der Waals surface area contributed by atoms with E-state index in [-0.39, 0.29) is 5.78 Å². The van der Waals surface area contributed by atoms with Crippen molar-refractivity contribution in [2.75, 3.05) is 19.5 Å². The average molecular weight is 321 g/mol. The van der Waals surface area contributed by atoms with Crippen LogP contribution in [0.1, 0.15) is 24.3 Å². The van der Waals surface area contributed by atoms with Gasteiger partial charge in [-0.2, -0.15) is 16.9 Å². The minimum atomic E-state index is 0.101. The lowest BCUT2D eigenvalue weighted by Crippen LogP contribution is -2.16. The van der Waals surface area contributed by atoms with Crippen molar-refractivity contribution in [1.29, 1.82) is 0 Å². The van der Waals surface area contributed by atoms with Crippen molar-refractivity contribution >= 4 is 33.5 Å². The minimum absolute atomic E-state index is 0.101. The first-order valence-electron chi connectivity index (χ1n) is 5.41. The van der Waals surface area contributed by atoms with Gasteiger partial charge in [-0.25, -0.2) is 0 Å². The summed E-state index contributed by atoms with van der Waals surface area (Å²) >= 11 is 5.00. The molecule has 0 atom stereocenters. The molecule has 0 saturated carbocycles. The molecule has 0 bridgehead atoms. The van der Waals surface area contributed by atoms with Gasteiger partial charge in [0.1, 0.15) is 5.69 Å². The molecule has 17 heavy (non-hydrogen) atoms. The second-order valence-corrected chi connectivity index (χ2v) is 6.26. The zero-order chi connectivity index (χ0) is 12.8. The highest BCUT2D eigenvalue weighted by Crippen LogP contribution is 2.19. The molecule has 0 radical (unpaired) electrons. The van der Waals surface area contributed by atoms with E-state index in [1.165, 1.54) is 0 Å². The lowest BCUT2D eigenvalue weighted by molar-refractivity contribution is 0.100. The Morgan fingerprint density at radius 3 is 2.94 bits per heavy atom. The van der Waals surface area contributed by atoms with E-state index in [9.17, 15) is 4.79 Å². The summed E-state index contributed by atoms with van der Waals surface area (Å²) in [5.74, 6) is 0.582. The molecular formula is C11H17BrN2O2S. The molecule has 1 heterocycles. The number of Topliss-reactive ketones (excluding diaryl/α,β-unsaturated/α-hetero) is 1. The van der Waals surface area contributed by atoms with Gasteiger partial charge >= 0.3 is 0 Å². The highest BCUT2D eigenvalue weighted by molar-refractivity contribution is 9.10. The van der Waals surface area contributed by atoms with Crippen LogP contribution < -0.4 is 0 Å². The molecule has 1 aromatic rings. The number of hydrogen-bond donors (Lipinski definition) is 0. The number of rotatable bonds is 7. The number of methoxy groups -OCH3 is 1. The third-order valence-electron chi connectivity index (χ3n) is 2.11. The van der Waals surface area contributed by atoms with E-state index in [1.807, 2.05) is 0 Å². The molecule has 96 valence electrons. The minimum Gasteiger partial charge on any atom is -0.383 e. The molecule has 1 rings (SSSR count). The number of carbonyl (C=O) groups is 1. The highest BCUT2D eigenvalue weighted by atomic mass is 79.9. The maximum absolute atomic E-state index is 12.1. The Morgan fingerprint density at radius 1 is 1.65 bits per heavy atom. The number of thioether (sulfide) groups is 1. The van der Waals surface area contributed by atoms with Crippen molar-refractivity contribution in [1.82, 2.24) is 9.78 Å². The topological polar surface area (TPSA) is 44.1 Å². The van der Waals surface area contributed by atoms with Gasteiger partial charge in [0.25, 0.3) is 0 Å². The van der Waals surface area contributed by atoms with Crippen molar-refractivity contribution in [3.63, 3.8) is 0 Å². The quantitative estimate of drug-likeness (QED) is 0.724. The zero-order valence-corrected chi connectivity index (χ0v) is 12.7. The van der Waals surface area contributed by atoms with Crippen molar-refractivity contribution in [2.24, 2.45) is 0 Å². The van der Waals surface area contributed by atoms with Gasteiger partial charge in [-0.05, 0) is 21.2 Å². The van der Waals surface area contributed by atoms with Crippen LogP contribution in [0.5, 0.6) is 0 Å². The fourth-order valence-electron chi connectivity index (χ4n) is 1.30. The maximum Gasteiger partial charge on any atom is 0.191 e. The fourth-order valence-corrected chi connectivity index (χ4v) is 2.44. The zero-order valence-electron chi connectivity index (χ0n) is 10.3. The molecule has 6 heteroatoms. The molecule has 0 spiro atoms. The van der Waals surface area contributed by atoms with Crippen LogP contribution in [0.25, 0.3) is 0 Å². The summed E-state index contributed by atoms with van der Waals surface area (Å²) in [6.07, 6.45) is 1.66. The van der Waals surface area contributed by atoms with E-state index in [0.717, 1.165) is 4.47 Å². The summed E-state index contributed by atoms with van der Waals surface area (Å²) in [6.45, 7) is 5.30. The molecular weight excluding hydrogens is 304 g/mol. The fraction of sp³-hybridized carbons (Fsp3) is 0.636. The molecule has 0 N–H and O–H groups in total. The number of nitrogens with zero attached hydrogens (tertiary/aromatic N) is 2. The Bertz CT molecular complexity index is 380. The van der Waals surface area contributed by atoms with Crippen LogP contribution in [-0.2, 0) is 11.3 Å². The molecule has 0 aliphatic rings. The van der Waals surface area contributed by atoms with Crippen molar-refractivity contribution < 1.29 is 9.53 Å². The standard InChI is InChI=1S/C11H17BrN2O2S/c1-8(2)17-7-10(15)11-9(12)6-13-14(11)4-5-16-3/h6,8H,4-5,7H2,1-3H3. The molecule has 0 aromatic carbocycles. The lowest BCUT2D eigenvalue weighted by Gasteiger charge is -2.08. The third kappa shape index (κ3) is 4.44. The van der Waals surface area contributed by atoms with E-state index < -0.39 is 0 Å². The van der Waals surface area contributed by atoms with Gasteiger partial charge < -0.3 is 4.74 Å². The molecule has 4 nitrogen and oxygen atoms in total. The molecule has 0 unspecified atom stereocenters. The Morgan fingerprint density at radius 2 is 2.35 bits per heavy atom. The Balaban J connectivity index is 2.73. The lowest BCUT2D eigenvalue weighted by atomic mass is 10.3. The van der Waals surface area contributed by atoms with E-state index in [2.05, 4.69) is 34.9 Å². The normalized spacial score (nSPS) is 11.1. The summed E-state index contributed by atoms with van der Waals surface area (Å²) in [7, 11) is 1.63. The van der Waals surface area contributed by atoms with Crippen LogP contribution in [0.4, 0.5) is 0 Å². The van der Waals surface area contributed by atoms with E-state index >= 15 is 0 Å². The second kappa shape index (κ2) is 7.18. The van der Waals surface area contributed by atoms with Crippen LogP contribution in [0, 0.1) is 0 Å². The monoisotopic (exact) mass is 320 g/mol. The van der Waals surface area contributed by atoms with Gasteiger partial charge in [-0.15, -0.1) is 0 Å². The maximum atomic E-state index is 12.1. The summed E-state index contributed by atoms with van der Waals surface area (Å²) in [5, 5.41) is 4.61. The Hall–Kier alpha value is -0.330. The average Bonchev–Trinajstić information content (AvgIpc) is 2.64. The second-order valence-electron chi connectivity index (χ2n) is 3.84. The first kappa shape index (κ1) is 14.7. The number of halogens is 1. The Kier molecular flexibility index (Phi) is 6.22. The summed E-state index contributed by atoms with van der Waals surface area (Å²) in [5.41, 5.74) is 0.634. The molecule has 0 aliphatic heterocycles. The van der Waals surface area contributed by atoms with Crippen molar-refractivity contribution in [3.05, 3.63) is 16.4 Å². The molecule has 0 fully saturated rings. The van der Waals surface area contributed by atoms with Crippen LogP contribution >= 0.6 is 27.7 Å². The Labute approximate surface area is 114 Å². The molecule has 0 aliphatic carbocycles. The highest BCUT2D eigenvalue weighted by Gasteiger charge is 2.17. The number of carbonyl (C=O) groups excluding carboxylic acids is 1. The van der Waals surface area contributed by atoms with Crippen molar-refractivity contribution in [3.8, 4) is 0 Å². The number of ketones is 1. The molecule has 0 saturated heterocycles. The van der Waals surface area contributed by atoms with Gasteiger partial charge in [-0.1, -0.05) is 13.8 Å². The van der Waals surface area contributed by atoms with Crippen molar-refractivity contribution in [2.45, 2.75) is 25.6 Å². The summed E-state index contributed by atoms with van der Waals surface area (Å²) in [6, 6.07) is 0. The van der Waals surface area contributed by atoms with E-state index in [4.69, 9.17) is 4.74 Å². The van der Waals surface area contributed by atoms with Gasteiger partial charge in [0.15, 0.2) is 5.78 Å². The van der Waals surface area contributed by atoms with Crippen LogP contribution in [0.3, 0.4) is 0 Å². The number of hydrogen-bond acceptors (Lipinski definition) is 4. The predicted octanol–water partition coefficient (Wildman–Crippen LogP) is 2.62. The van der Waals surface area contributed by atoms with Crippen LogP contribution in [-0.4, -0.2) is 40.3 Å². The van der Waals surface area contributed by atoms with Crippen LogP contribution in [0.15, 0.2) is 10.7 Å². The smallest absolute Gasteiger partial charge is 0.191 e. The molecule has 1 aromatic heterocycles. The van der Waals surface area contributed by atoms with E-state index in [1.54, 1.807) is 29.8 Å². The van der Waals surface area contributed by atoms with E-state index in [0.29, 0.717) is 29.8 Å². The van der Waals surface area contributed by atoms with Gasteiger partial charge in [0.05, 0.1) is 29.6 Å². The summed E-state index contributed by atoms with van der Waals surface area (Å²) < 4.78 is 7.44. The number of ether oxygens (including phenoxy) is 1. The summed E-state index contributed by atoms with van der Waals surface area (Å²) in [4.78, 5) is 12.1. The third-order valence-corrected chi connectivity index (χ3v) is 3.79.